The van der Waals surface area contributed by atoms with E-state index in [1.54, 1.807) is 0 Å². The molecular formula is C17H14F3NO5. The number of carbonyl (C=O) groups is 2. The average Bonchev–Trinajstić information content (AvgIpc) is 2.51. The van der Waals surface area contributed by atoms with Crippen LogP contribution in [0.2, 0.25) is 0 Å². The Labute approximate surface area is 145 Å². The molecule has 1 amide bonds. The number of ether oxygens (including phenoxy) is 1. The van der Waals surface area contributed by atoms with Crippen LogP contribution in [0.15, 0.2) is 39.5 Å². The van der Waals surface area contributed by atoms with Crippen molar-refractivity contribution in [1.29, 1.82) is 0 Å². The summed E-state index contributed by atoms with van der Waals surface area (Å²) in [5, 5.41) is 2.31. The van der Waals surface area contributed by atoms with Crippen LogP contribution in [-0.4, -0.2) is 18.5 Å². The molecule has 0 fully saturated rings. The monoisotopic (exact) mass is 369 g/mol. The maximum absolute atomic E-state index is 12.5. The lowest BCUT2D eigenvalue weighted by Gasteiger charge is -2.10. The first kappa shape index (κ1) is 19.2. The number of hydrogen-bond acceptors (Lipinski definition) is 5. The molecule has 1 heterocycles. The summed E-state index contributed by atoms with van der Waals surface area (Å²) < 4.78 is 47.1. The summed E-state index contributed by atoms with van der Waals surface area (Å²) in [6, 6.07) is 4.93. The standard InChI is InChI=1S/C17H14F3NO5/c1-9-7-14(23)26-10(2)15(9)16(24)25-8-13(22)21-12-5-3-11(4-6-12)17(18,19)20/h3-7H,8H2,1-2H3,(H,21,22). The molecule has 138 valence electrons. The topological polar surface area (TPSA) is 85.6 Å². The van der Waals surface area contributed by atoms with Crippen LogP contribution >= 0.6 is 0 Å². The minimum Gasteiger partial charge on any atom is -0.452 e. The van der Waals surface area contributed by atoms with Gasteiger partial charge in [-0.05, 0) is 43.7 Å². The van der Waals surface area contributed by atoms with Crippen LogP contribution in [0.1, 0.15) is 27.2 Å². The van der Waals surface area contributed by atoms with Crippen molar-refractivity contribution in [1.82, 2.24) is 0 Å². The van der Waals surface area contributed by atoms with Crippen LogP contribution in [0.3, 0.4) is 0 Å². The van der Waals surface area contributed by atoms with E-state index in [0.29, 0.717) is 5.56 Å². The number of anilines is 1. The van der Waals surface area contributed by atoms with Crippen LogP contribution in [0.25, 0.3) is 0 Å². The second kappa shape index (κ2) is 7.42. The highest BCUT2D eigenvalue weighted by Gasteiger charge is 2.30. The van der Waals surface area contributed by atoms with Crippen molar-refractivity contribution in [3.05, 3.63) is 63.2 Å². The molecule has 0 aliphatic rings. The molecule has 6 nitrogen and oxygen atoms in total. The van der Waals surface area contributed by atoms with E-state index in [4.69, 9.17) is 9.15 Å². The van der Waals surface area contributed by atoms with Gasteiger partial charge in [0.05, 0.1) is 5.56 Å². The number of nitrogens with one attached hydrogen (secondary N) is 1. The van der Waals surface area contributed by atoms with Gasteiger partial charge in [0.1, 0.15) is 11.3 Å². The Bertz CT molecular complexity index is 859. The Morgan fingerprint density at radius 3 is 2.31 bits per heavy atom. The molecule has 0 aliphatic heterocycles. The Hall–Kier alpha value is -3.10. The zero-order chi connectivity index (χ0) is 19.5. The quantitative estimate of drug-likeness (QED) is 0.837. The predicted octanol–water partition coefficient (Wildman–Crippen LogP) is 3.07. The van der Waals surface area contributed by atoms with E-state index < -0.39 is 35.8 Å². The van der Waals surface area contributed by atoms with Gasteiger partial charge in [-0.15, -0.1) is 0 Å². The third-order valence-corrected chi connectivity index (χ3v) is 3.37. The Kier molecular flexibility index (Phi) is 5.49. The van der Waals surface area contributed by atoms with Crippen molar-refractivity contribution in [2.75, 3.05) is 11.9 Å². The van der Waals surface area contributed by atoms with Crippen molar-refractivity contribution in [2.45, 2.75) is 20.0 Å². The molecule has 0 saturated carbocycles. The number of rotatable bonds is 4. The molecule has 1 N–H and O–H groups in total. The van der Waals surface area contributed by atoms with Gasteiger partial charge < -0.3 is 14.5 Å². The van der Waals surface area contributed by atoms with Crippen LogP contribution in [-0.2, 0) is 15.7 Å². The first-order valence-electron chi connectivity index (χ1n) is 7.33. The van der Waals surface area contributed by atoms with Crippen molar-refractivity contribution in [2.24, 2.45) is 0 Å². The molecule has 0 spiro atoms. The van der Waals surface area contributed by atoms with Crippen LogP contribution < -0.4 is 10.9 Å². The van der Waals surface area contributed by atoms with Crippen molar-refractivity contribution in [3.8, 4) is 0 Å². The Balaban J connectivity index is 1.97. The summed E-state index contributed by atoms with van der Waals surface area (Å²) in [4.78, 5) is 35.0. The lowest BCUT2D eigenvalue weighted by Crippen LogP contribution is -2.22. The Morgan fingerprint density at radius 2 is 1.77 bits per heavy atom. The summed E-state index contributed by atoms with van der Waals surface area (Å²) in [5.74, 6) is -1.53. The zero-order valence-corrected chi connectivity index (χ0v) is 13.8. The largest absolute Gasteiger partial charge is 0.452 e. The molecule has 0 atom stereocenters. The lowest BCUT2D eigenvalue weighted by molar-refractivity contribution is -0.137. The average molecular weight is 369 g/mol. The molecule has 1 aromatic carbocycles. The van der Waals surface area contributed by atoms with Crippen molar-refractivity contribution >= 4 is 17.6 Å². The number of amides is 1. The number of hydrogen-bond donors (Lipinski definition) is 1. The molecule has 0 bridgehead atoms. The normalized spacial score (nSPS) is 11.1. The summed E-state index contributed by atoms with van der Waals surface area (Å²) in [7, 11) is 0. The Morgan fingerprint density at radius 1 is 1.15 bits per heavy atom. The van der Waals surface area contributed by atoms with E-state index in [0.717, 1.165) is 30.3 Å². The molecule has 9 heteroatoms. The molecule has 2 aromatic rings. The van der Waals surface area contributed by atoms with Gasteiger partial charge in [-0.3, -0.25) is 4.79 Å². The van der Waals surface area contributed by atoms with Gasteiger partial charge >= 0.3 is 17.8 Å². The van der Waals surface area contributed by atoms with Gasteiger partial charge in [0, 0.05) is 11.8 Å². The number of halogens is 3. The smallest absolute Gasteiger partial charge is 0.416 e. The fourth-order valence-electron chi connectivity index (χ4n) is 2.21. The van der Waals surface area contributed by atoms with Gasteiger partial charge in [-0.1, -0.05) is 0 Å². The van der Waals surface area contributed by atoms with E-state index in [2.05, 4.69) is 5.32 Å². The molecular weight excluding hydrogens is 355 g/mol. The highest BCUT2D eigenvalue weighted by molar-refractivity contribution is 5.96. The van der Waals surface area contributed by atoms with Gasteiger partial charge in [0.15, 0.2) is 6.61 Å². The fraction of sp³-hybridized carbons (Fsp3) is 0.235. The summed E-state index contributed by atoms with van der Waals surface area (Å²) in [6.07, 6.45) is -4.47. The molecule has 26 heavy (non-hydrogen) atoms. The number of aryl methyl sites for hydroxylation is 2. The summed E-state index contributed by atoms with van der Waals surface area (Å²) in [5.41, 5.74) is -0.967. The summed E-state index contributed by atoms with van der Waals surface area (Å²) in [6.45, 7) is 2.27. The van der Waals surface area contributed by atoms with Crippen LogP contribution in [0, 0.1) is 13.8 Å². The van der Waals surface area contributed by atoms with Gasteiger partial charge in [0.25, 0.3) is 5.91 Å². The van der Waals surface area contributed by atoms with E-state index in [9.17, 15) is 27.6 Å². The molecule has 0 saturated heterocycles. The molecule has 1 aromatic heterocycles. The lowest BCUT2D eigenvalue weighted by atomic mass is 10.1. The minimum atomic E-state index is -4.47. The second-order valence-electron chi connectivity index (χ2n) is 5.38. The summed E-state index contributed by atoms with van der Waals surface area (Å²) >= 11 is 0. The molecule has 2 rings (SSSR count). The van der Waals surface area contributed by atoms with Gasteiger partial charge in [-0.2, -0.15) is 13.2 Å². The van der Waals surface area contributed by atoms with Crippen LogP contribution in [0.5, 0.6) is 0 Å². The van der Waals surface area contributed by atoms with Crippen LogP contribution in [0.4, 0.5) is 18.9 Å². The van der Waals surface area contributed by atoms with E-state index in [-0.39, 0.29) is 17.0 Å². The number of benzene rings is 1. The maximum Gasteiger partial charge on any atom is 0.416 e. The first-order chi connectivity index (χ1) is 12.1. The zero-order valence-electron chi connectivity index (χ0n) is 13.8. The third-order valence-electron chi connectivity index (χ3n) is 3.37. The molecule has 0 aliphatic carbocycles. The SMILES string of the molecule is Cc1cc(=O)oc(C)c1C(=O)OCC(=O)Nc1ccc(C(F)(F)F)cc1. The van der Waals surface area contributed by atoms with Crippen molar-refractivity contribution in [3.63, 3.8) is 0 Å². The van der Waals surface area contributed by atoms with E-state index in [1.165, 1.54) is 13.8 Å². The first-order valence-corrected chi connectivity index (χ1v) is 7.33. The van der Waals surface area contributed by atoms with E-state index >= 15 is 0 Å². The second-order valence-corrected chi connectivity index (χ2v) is 5.38. The predicted molar refractivity (Wildman–Crippen MR) is 84.8 cm³/mol. The molecule has 0 radical (unpaired) electrons. The third kappa shape index (κ3) is 4.71. The van der Waals surface area contributed by atoms with Gasteiger partial charge in [0.2, 0.25) is 0 Å². The number of esters is 1. The highest BCUT2D eigenvalue weighted by atomic mass is 19.4. The number of alkyl halides is 3. The van der Waals surface area contributed by atoms with Crippen molar-refractivity contribution < 1.29 is 31.9 Å². The fourth-order valence-corrected chi connectivity index (χ4v) is 2.21. The van der Waals surface area contributed by atoms with E-state index in [1.807, 2.05) is 0 Å². The van der Waals surface area contributed by atoms with Gasteiger partial charge in [-0.25, -0.2) is 9.59 Å². The maximum atomic E-state index is 12.5. The minimum absolute atomic E-state index is 0.0342. The number of carbonyl (C=O) groups excluding carboxylic acids is 2. The molecule has 0 unspecified atom stereocenters. The highest BCUT2D eigenvalue weighted by Crippen LogP contribution is 2.29.